The zero-order valence-electron chi connectivity index (χ0n) is 20.5. The normalized spacial score (nSPS) is 14.7. The molecule has 0 atom stereocenters. The molecule has 3 aromatic rings. The van der Waals surface area contributed by atoms with E-state index >= 15 is 0 Å². The second-order valence-electron chi connectivity index (χ2n) is 9.09. The number of rotatable bonds is 8. The van der Waals surface area contributed by atoms with Crippen molar-refractivity contribution in [3.05, 3.63) is 94.5 Å². The molecule has 182 valence electrons. The van der Waals surface area contributed by atoms with Crippen molar-refractivity contribution in [2.45, 2.75) is 33.2 Å². The van der Waals surface area contributed by atoms with E-state index in [1.54, 1.807) is 0 Å². The molecular weight excluding hydrogens is 444 g/mol. The van der Waals surface area contributed by atoms with E-state index in [1.807, 2.05) is 26.8 Å². The minimum Gasteiger partial charge on any atom is -0.507 e. The second-order valence-corrected chi connectivity index (χ2v) is 9.09. The number of phenolic OH excluding ortho intramolecular Hbond substituents is 1. The maximum Gasteiger partial charge on any atom is 0.122 e. The summed E-state index contributed by atoms with van der Waals surface area (Å²) in [6.07, 6.45) is 0.999. The molecule has 0 bridgehead atoms. The Bertz CT molecular complexity index is 996. The summed E-state index contributed by atoms with van der Waals surface area (Å²) in [6.45, 7) is 11.9. The van der Waals surface area contributed by atoms with Crippen molar-refractivity contribution in [3.63, 3.8) is 0 Å². The Hall–Kier alpha value is -2.53. The van der Waals surface area contributed by atoms with E-state index in [0.717, 1.165) is 61.6 Å². The van der Waals surface area contributed by atoms with Gasteiger partial charge in [-0.25, -0.2) is 0 Å². The summed E-state index contributed by atoms with van der Waals surface area (Å²) in [4.78, 5) is 5.16. The molecule has 1 saturated heterocycles. The van der Waals surface area contributed by atoms with Crippen LogP contribution in [0.2, 0.25) is 0 Å². The van der Waals surface area contributed by atoms with Crippen molar-refractivity contribution >= 4 is 12.4 Å². The third-order valence-electron chi connectivity index (χ3n) is 6.89. The summed E-state index contributed by atoms with van der Waals surface area (Å²) in [6, 6.07) is 24.0. The van der Waals surface area contributed by atoms with Gasteiger partial charge >= 0.3 is 0 Å². The van der Waals surface area contributed by atoms with Gasteiger partial charge in [-0.2, -0.15) is 0 Å². The van der Waals surface area contributed by atoms with Gasteiger partial charge in [-0.05, 0) is 61.1 Å². The number of phenols is 1. The molecule has 1 aliphatic heterocycles. The lowest BCUT2D eigenvalue weighted by atomic mass is 9.96. The molecule has 1 heterocycles. The third kappa shape index (κ3) is 6.12. The number of piperazine rings is 1. The molecule has 5 heteroatoms. The van der Waals surface area contributed by atoms with E-state index in [-0.39, 0.29) is 12.4 Å². The lowest BCUT2D eigenvalue weighted by Crippen LogP contribution is -2.48. The van der Waals surface area contributed by atoms with E-state index in [2.05, 4.69) is 70.5 Å². The minimum absolute atomic E-state index is 0. The summed E-state index contributed by atoms with van der Waals surface area (Å²) in [5, 5.41) is 10.1. The number of hydrogen-bond donors (Lipinski definition) is 1. The maximum absolute atomic E-state index is 10.1. The summed E-state index contributed by atoms with van der Waals surface area (Å²) < 4.78 is 6.07. The van der Waals surface area contributed by atoms with Gasteiger partial charge in [0, 0.05) is 32.7 Å². The number of hydrogen-bond acceptors (Lipinski definition) is 4. The van der Waals surface area contributed by atoms with Crippen LogP contribution in [0.5, 0.6) is 11.5 Å². The highest BCUT2D eigenvalue weighted by Gasteiger charge is 2.26. The van der Waals surface area contributed by atoms with Crippen molar-refractivity contribution in [1.29, 1.82) is 0 Å². The molecule has 1 fully saturated rings. The second kappa shape index (κ2) is 12.3. The zero-order chi connectivity index (χ0) is 23.2. The molecule has 3 aromatic carbocycles. The first-order chi connectivity index (χ1) is 16.0. The maximum atomic E-state index is 10.1. The predicted molar refractivity (Wildman–Crippen MR) is 142 cm³/mol. The average Bonchev–Trinajstić information content (AvgIpc) is 2.86. The van der Waals surface area contributed by atoms with Crippen LogP contribution in [0.3, 0.4) is 0 Å². The molecule has 0 aliphatic carbocycles. The topological polar surface area (TPSA) is 35.9 Å². The van der Waals surface area contributed by atoms with Gasteiger partial charge in [-0.15, -0.1) is 12.4 Å². The summed E-state index contributed by atoms with van der Waals surface area (Å²) in [5.41, 5.74) is 5.53. The molecule has 4 nitrogen and oxygen atoms in total. The lowest BCUT2D eigenvalue weighted by molar-refractivity contribution is 0.105. The van der Waals surface area contributed by atoms with Crippen molar-refractivity contribution < 1.29 is 9.84 Å². The van der Waals surface area contributed by atoms with Crippen molar-refractivity contribution in [2.75, 3.05) is 39.3 Å². The summed E-state index contributed by atoms with van der Waals surface area (Å²) >= 11 is 0. The van der Waals surface area contributed by atoms with Crippen molar-refractivity contribution in [2.24, 2.45) is 0 Å². The highest BCUT2D eigenvalue weighted by molar-refractivity contribution is 5.85. The standard InChI is InChI=1S/C29H36N2O2.ClH/c1-22-21-27(23(2)24(3)29(22)32)33-20-10-15-30-16-18-31(19-17-30)28(25-11-6-4-7-12-25)26-13-8-5-9-14-26;/h4-9,11-14,21,28,32H,10,15-20H2,1-3H3;1H. The highest BCUT2D eigenvalue weighted by Crippen LogP contribution is 2.32. The smallest absolute Gasteiger partial charge is 0.122 e. The number of halogens is 1. The molecule has 1 N–H and O–H groups in total. The molecule has 0 unspecified atom stereocenters. The third-order valence-corrected chi connectivity index (χ3v) is 6.89. The quantitative estimate of drug-likeness (QED) is 0.406. The van der Waals surface area contributed by atoms with E-state index in [1.165, 1.54) is 11.1 Å². The Morgan fingerprint density at radius 1 is 0.824 bits per heavy atom. The van der Waals surface area contributed by atoms with Gasteiger partial charge in [0.2, 0.25) is 0 Å². The number of nitrogens with zero attached hydrogens (tertiary/aromatic N) is 2. The molecule has 34 heavy (non-hydrogen) atoms. The Morgan fingerprint density at radius 3 is 1.94 bits per heavy atom. The molecule has 0 saturated carbocycles. The van der Waals surface area contributed by atoms with Crippen LogP contribution in [-0.4, -0.2) is 54.2 Å². The highest BCUT2D eigenvalue weighted by atomic mass is 35.5. The van der Waals surface area contributed by atoms with E-state index < -0.39 is 0 Å². The van der Waals surface area contributed by atoms with Crippen LogP contribution in [-0.2, 0) is 0 Å². The lowest BCUT2D eigenvalue weighted by Gasteiger charge is -2.39. The van der Waals surface area contributed by atoms with Gasteiger partial charge in [-0.1, -0.05) is 60.7 Å². The monoisotopic (exact) mass is 480 g/mol. The Balaban J connectivity index is 0.00000324. The molecule has 0 spiro atoms. The number of benzene rings is 3. The summed E-state index contributed by atoms with van der Waals surface area (Å²) in [7, 11) is 0. The predicted octanol–water partition coefficient (Wildman–Crippen LogP) is 5.92. The van der Waals surface area contributed by atoms with Crippen molar-refractivity contribution in [1.82, 2.24) is 9.80 Å². The van der Waals surface area contributed by atoms with Crippen LogP contribution < -0.4 is 4.74 Å². The minimum atomic E-state index is 0. The fourth-order valence-corrected chi connectivity index (χ4v) is 4.78. The van der Waals surface area contributed by atoms with E-state index in [9.17, 15) is 5.11 Å². The van der Waals surface area contributed by atoms with Crippen LogP contribution in [0.25, 0.3) is 0 Å². The first-order valence-corrected chi connectivity index (χ1v) is 12.0. The van der Waals surface area contributed by atoms with E-state index in [0.29, 0.717) is 18.4 Å². The van der Waals surface area contributed by atoms with Gasteiger partial charge in [0.05, 0.1) is 12.6 Å². The van der Waals surface area contributed by atoms with Gasteiger partial charge in [0.15, 0.2) is 0 Å². The van der Waals surface area contributed by atoms with Crippen LogP contribution in [0.4, 0.5) is 0 Å². The first kappa shape index (κ1) is 26.1. The van der Waals surface area contributed by atoms with Gasteiger partial charge in [0.25, 0.3) is 0 Å². The number of aryl methyl sites for hydroxylation is 1. The van der Waals surface area contributed by atoms with Crippen molar-refractivity contribution in [3.8, 4) is 11.5 Å². The fraction of sp³-hybridized carbons (Fsp3) is 0.379. The van der Waals surface area contributed by atoms with E-state index in [4.69, 9.17) is 4.74 Å². The Morgan fingerprint density at radius 2 is 1.38 bits per heavy atom. The molecule has 4 rings (SSSR count). The largest absolute Gasteiger partial charge is 0.507 e. The summed E-state index contributed by atoms with van der Waals surface area (Å²) in [5.74, 6) is 1.27. The van der Waals surface area contributed by atoms with Gasteiger partial charge in [0.1, 0.15) is 11.5 Å². The number of aromatic hydroxyl groups is 1. The van der Waals surface area contributed by atoms with Gasteiger partial charge < -0.3 is 14.7 Å². The van der Waals surface area contributed by atoms with Gasteiger partial charge in [-0.3, -0.25) is 4.90 Å². The van der Waals surface area contributed by atoms with Crippen LogP contribution >= 0.6 is 12.4 Å². The molecule has 0 aromatic heterocycles. The molecule has 0 amide bonds. The average molecular weight is 481 g/mol. The molecule has 0 radical (unpaired) electrons. The zero-order valence-corrected chi connectivity index (χ0v) is 21.4. The molecule has 1 aliphatic rings. The SMILES string of the molecule is Cc1cc(OCCCN2CCN(C(c3ccccc3)c3ccccc3)CC2)c(C)c(C)c1O.Cl. The number of ether oxygens (including phenoxy) is 1. The first-order valence-electron chi connectivity index (χ1n) is 12.0. The fourth-order valence-electron chi connectivity index (χ4n) is 4.78. The van der Waals surface area contributed by atoms with Crippen LogP contribution in [0.15, 0.2) is 66.7 Å². The van der Waals surface area contributed by atoms with Crippen LogP contribution in [0, 0.1) is 20.8 Å². The Kier molecular flexibility index (Phi) is 9.40. The molecular formula is C29H37ClN2O2. The Labute approximate surface area is 210 Å². The van der Waals surface area contributed by atoms with Crippen LogP contribution in [0.1, 0.15) is 40.3 Å².